The number of ketones is 1. The van der Waals surface area contributed by atoms with E-state index >= 15 is 0 Å². The fourth-order valence-corrected chi connectivity index (χ4v) is 1.26. The molecule has 1 rings (SSSR count). The van der Waals surface area contributed by atoms with Crippen LogP contribution in [0.5, 0.6) is 0 Å². The number of nitrogens with zero attached hydrogens (tertiary/aromatic N) is 1. The Balaban J connectivity index is 2.92. The molecule has 5 nitrogen and oxygen atoms in total. The topological polar surface area (TPSA) is 79.7 Å². The average molecular weight is 258 g/mol. The highest BCUT2D eigenvalue weighted by Gasteiger charge is 2.16. The van der Waals surface area contributed by atoms with Crippen molar-refractivity contribution in [2.24, 2.45) is 0 Å². The summed E-state index contributed by atoms with van der Waals surface area (Å²) in [6.07, 6.45) is 1.34. The number of aliphatic hydroxyl groups is 2. The number of ether oxygens (including phenoxy) is 1. The van der Waals surface area contributed by atoms with Gasteiger partial charge < -0.3 is 14.9 Å². The van der Waals surface area contributed by atoms with Crippen LogP contribution >= 0.6 is 11.6 Å². The molecule has 0 aromatic carbocycles. The van der Waals surface area contributed by atoms with Gasteiger partial charge in [-0.05, 0) is 12.1 Å². The predicted octanol–water partition coefficient (Wildman–Crippen LogP) is 2.13. The molecule has 0 saturated carbocycles. The molecular formula is C11H12ClNO4. The summed E-state index contributed by atoms with van der Waals surface area (Å²) in [6, 6.07) is 2.86. The van der Waals surface area contributed by atoms with Gasteiger partial charge in [0.1, 0.15) is 5.69 Å². The number of carbonyl (C=O) groups excluding carboxylic acids is 1. The van der Waals surface area contributed by atoms with E-state index in [2.05, 4.69) is 4.98 Å². The first-order chi connectivity index (χ1) is 8.06. The van der Waals surface area contributed by atoms with Crippen molar-refractivity contribution in [2.45, 2.75) is 6.42 Å². The highest BCUT2D eigenvalue weighted by atomic mass is 35.5. The second-order valence-electron chi connectivity index (χ2n) is 3.22. The first-order valence-corrected chi connectivity index (χ1v) is 5.20. The van der Waals surface area contributed by atoms with E-state index < -0.39 is 17.3 Å². The van der Waals surface area contributed by atoms with Crippen LogP contribution in [0.4, 0.5) is 0 Å². The quantitative estimate of drug-likeness (QED) is 0.624. The van der Waals surface area contributed by atoms with E-state index in [0.717, 1.165) is 0 Å². The van der Waals surface area contributed by atoms with Gasteiger partial charge in [-0.3, -0.25) is 9.78 Å². The molecule has 0 aliphatic heterocycles. The van der Waals surface area contributed by atoms with E-state index in [1.54, 1.807) is 0 Å². The second-order valence-corrected chi connectivity index (χ2v) is 3.66. The first kappa shape index (κ1) is 13.5. The molecule has 6 heteroatoms. The van der Waals surface area contributed by atoms with Crippen LogP contribution in [0.15, 0.2) is 24.1 Å². The number of hydrogen-bond donors (Lipinski definition) is 2. The van der Waals surface area contributed by atoms with Gasteiger partial charge in [-0.1, -0.05) is 11.6 Å². The van der Waals surface area contributed by atoms with Crippen LogP contribution in [0.3, 0.4) is 0 Å². The number of Topliss-reactive ketones (excluding diaryl/α,β-unsaturated/α-hetero) is 1. The molecule has 0 unspecified atom stereocenters. The lowest BCUT2D eigenvalue weighted by Crippen LogP contribution is -2.08. The van der Waals surface area contributed by atoms with E-state index in [0.29, 0.717) is 5.02 Å². The maximum Gasteiger partial charge on any atom is 0.203 e. The molecule has 0 aliphatic carbocycles. The van der Waals surface area contributed by atoms with Gasteiger partial charge in [0.25, 0.3) is 0 Å². The Labute approximate surface area is 103 Å². The van der Waals surface area contributed by atoms with E-state index in [9.17, 15) is 15.0 Å². The van der Waals surface area contributed by atoms with Crippen molar-refractivity contribution in [1.82, 2.24) is 4.98 Å². The molecule has 92 valence electrons. The minimum atomic E-state index is -0.739. The van der Waals surface area contributed by atoms with Crippen molar-refractivity contribution < 1.29 is 19.7 Å². The molecule has 0 saturated heterocycles. The molecule has 17 heavy (non-hydrogen) atoms. The molecule has 0 bridgehead atoms. The zero-order valence-electron chi connectivity index (χ0n) is 9.18. The van der Waals surface area contributed by atoms with Crippen LogP contribution in [0.25, 0.3) is 5.76 Å². The largest absolute Gasteiger partial charge is 0.503 e. The molecule has 0 radical (unpaired) electrons. The van der Waals surface area contributed by atoms with Gasteiger partial charge in [-0.2, -0.15) is 0 Å². The SMILES string of the molecule is COCCC(=O)C(O)=C(O)c1cc(Cl)ccn1. The fourth-order valence-electron chi connectivity index (χ4n) is 1.10. The zero-order chi connectivity index (χ0) is 12.8. The van der Waals surface area contributed by atoms with Crippen LogP contribution < -0.4 is 0 Å². The molecule has 1 aromatic heterocycles. The van der Waals surface area contributed by atoms with Gasteiger partial charge in [-0.15, -0.1) is 0 Å². The number of allylic oxidation sites excluding steroid dienone is 1. The molecule has 2 N–H and O–H groups in total. The number of halogens is 1. The third-order valence-electron chi connectivity index (χ3n) is 1.99. The average Bonchev–Trinajstić information content (AvgIpc) is 2.34. The molecule has 1 aromatic rings. The lowest BCUT2D eigenvalue weighted by atomic mass is 10.2. The van der Waals surface area contributed by atoms with Gasteiger partial charge >= 0.3 is 0 Å². The summed E-state index contributed by atoms with van der Waals surface area (Å²) >= 11 is 5.70. The zero-order valence-corrected chi connectivity index (χ0v) is 9.94. The van der Waals surface area contributed by atoms with Crippen LogP contribution in [0.2, 0.25) is 5.02 Å². The maximum absolute atomic E-state index is 11.4. The van der Waals surface area contributed by atoms with Gasteiger partial charge in [0.2, 0.25) is 11.5 Å². The van der Waals surface area contributed by atoms with Crippen molar-refractivity contribution >= 4 is 23.1 Å². The predicted molar refractivity (Wildman–Crippen MR) is 62.9 cm³/mol. The van der Waals surface area contributed by atoms with E-state index in [-0.39, 0.29) is 18.7 Å². The monoisotopic (exact) mass is 257 g/mol. The molecule has 0 fully saturated rings. The lowest BCUT2D eigenvalue weighted by Gasteiger charge is -2.04. The summed E-state index contributed by atoms with van der Waals surface area (Å²) < 4.78 is 4.69. The normalized spacial score (nSPS) is 12.1. The smallest absolute Gasteiger partial charge is 0.203 e. The summed E-state index contributed by atoms with van der Waals surface area (Å²) in [6.45, 7) is 0.166. The molecule has 0 spiro atoms. The van der Waals surface area contributed by atoms with Gasteiger partial charge in [-0.25, -0.2) is 0 Å². The molecular weight excluding hydrogens is 246 g/mol. The minimum Gasteiger partial charge on any atom is -0.503 e. The standard InChI is InChI=1S/C11H12ClNO4/c1-17-5-3-9(14)11(16)10(15)8-6-7(12)2-4-13-8/h2,4,6,15-16H,3,5H2,1H3. The van der Waals surface area contributed by atoms with Crippen LogP contribution in [-0.4, -0.2) is 34.7 Å². The van der Waals surface area contributed by atoms with Crippen molar-refractivity contribution in [3.63, 3.8) is 0 Å². The van der Waals surface area contributed by atoms with Crippen LogP contribution in [0.1, 0.15) is 12.1 Å². The first-order valence-electron chi connectivity index (χ1n) is 4.82. The summed E-state index contributed by atoms with van der Waals surface area (Å²) in [5, 5.41) is 19.5. The highest BCUT2D eigenvalue weighted by Crippen LogP contribution is 2.17. The van der Waals surface area contributed by atoms with Crippen molar-refractivity contribution in [1.29, 1.82) is 0 Å². The number of aromatic nitrogens is 1. The van der Waals surface area contributed by atoms with Crippen LogP contribution in [-0.2, 0) is 9.53 Å². The van der Waals surface area contributed by atoms with Crippen molar-refractivity contribution in [2.75, 3.05) is 13.7 Å². The number of hydrogen-bond acceptors (Lipinski definition) is 5. The lowest BCUT2D eigenvalue weighted by molar-refractivity contribution is -0.118. The number of pyridine rings is 1. The Hall–Kier alpha value is -1.59. The number of aliphatic hydroxyl groups excluding tert-OH is 2. The maximum atomic E-state index is 11.4. The van der Waals surface area contributed by atoms with E-state index in [1.165, 1.54) is 25.4 Å². The van der Waals surface area contributed by atoms with E-state index in [1.807, 2.05) is 0 Å². The van der Waals surface area contributed by atoms with Gasteiger partial charge in [0.15, 0.2) is 5.76 Å². The number of carbonyl (C=O) groups is 1. The fraction of sp³-hybridized carbons (Fsp3) is 0.273. The summed E-state index contributed by atoms with van der Waals surface area (Å²) in [5.74, 6) is -1.95. The van der Waals surface area contributed by atoms with Gasteiger partial charge in [0.05, 0.1) is 6.61 Å². The number of rotatable bonds is 5. The Kier molecular flexibility index (Phi) is 4.93. The molecule has 0 amide bonds. The third-order valence-corrected chi connectivity index (χ3v) is 2.22. The molecule has 0 atom stereocenters. The van der Waals surface area contributed by atoms with Gasteiger partial charge in [0, 0.05) is 24.8 Å². The third kappa shape index (κ3) is 3.72. The Morgan fingerprint density at radius 3 is 2.82 bits per heavy atom. The summed E-state index contributed by atoms with van der Waals surface area (Å²) in [7, 11) is 1.44. The Bertz CT molecular complexity index is 445. The summed E-state index contributed by atoms with van der Waals surface area (Å²) in [4.78, 5) is 15.2. The van der Waals surface area contributed by atoms with Crippen LogP contribution in [0, 0.1) is 0 Å². The molecule has 0 aliphatic rings. The Morgan fingerprint density at radius 1 is 1.53 bits per heavy atom. The van der Waals surface area contributed by atoms with Crippen molar-refractivity contribution in [3.05, 3.63) is 34.8 Å². The highest BCUT2D eigenvalue weighted by molar-refractivity contribution is 6.30. The second kappa shape index (κ2) is 6.22. The van der Waals surface area contributed by atoms with E-state index in [4.69, 9.17) is 16.3 Å². The van der Waals surface area contributed by atoms with Crippen molar-refractivity contribution in [3.8, 4) is 0 Å². The summed E-state index contributed by atoms with van der Waals surface area (Å²) in [5.41, 5.74) is 0.0424. The number of methoxy groups -OCH3 is 1. The molecule has 1 heterocycles. The Morgan fingerprint density at radius 2 is 2.24 bits per heavy atom. The minimum absolute atomic E-state index is 0.0209.